The standard InChI is InChI=1S/C18H19F2N3O3/c1-2-26-16-10-15(24)17(18(25)21-11-5-3-4-6-11)22-23(16)12-7-8-13(19)14(20)9-12/h7-11H,2-6H2,1H3,(H,21,25). The monoisotopic (exact) mass is 363 g/mol. The van der Waals surface area contributed by atoms with E-state index in [1.54, 1.807) is 6.92 Å². The lowest BCUT2D eigenvalue weighted by atomic mass is 10.2. The first-order valence-electron chi connectivity index (χ1n) is 8.53. The van der Waals surface area contributed by atoms with Crippen LogP contribution in [0.15, 0.2) is 29.1 Å². The molecule has 0 aliphatic heterocycles. The highest BCUT2D eigenvalue weighted by Gasteiger charge is 2.22. The molecule has 1 aliphatic rings. The van der Waals surface area contributed by atoms with Crippen LogP contribution in [0.2, 0.25) is 0 Å². The quantitative estimate of drug-likeness (QED) is 0.886. The highest BCUT2D eigenvalue weighted by molar-refractivity contribution is 5.92. The number of carbonyl (C=O) groups is 1. The Morgan fingerprint density at radius 1 is 1.27 bits per heavy atom. The van der Waals surface area contributed by atoms with E-state index < -0.39 is 23.0 Å². The smallest absolute Gasteiger partial charge is 0.276 e. The molecule has 1 aromatic carbocycles. The Labute approximate surface area is 148 Å². The molecule has 3 rings (SSSR count). The van der Waals surface area contributed by atoms with E-state index in [-0.39, 0.29) is 29.9 Å². The Morgan fingerprint density at radius 3 is 2.65 bits per heavy atom. The first-order chi connectivity index (χ1) is 12.5. The Bertz CT molecular complexity index is 876. The average molecular weight is 363 g/mol. The first kappa shape index (κ1) is 18.0. The maximum atomic E-state index is 13.6. The van der Waals surface area contributed by atoms with E-state index >= 15 is 0 Å². The van der Waals surface area contributed by atoms with Crippen LogP contribution in [0.4, 0.5) is 8.78 Å². The second kappa shape index (κ2) is 7.63. The van der Waals surface area contributed by atoms with Gasteiger partial charge in [-0.1, -0.05) is 12.8 Å². The molecule has 0 bridgehead atoms. The molecule has 2 aromatic rings. The lowest BCUT2D eigenvalue weighted by Crippen LogP contribution is -2.37. The highest BCUT2D eigenvalue weighted by Crippen LogP contribution is 2.19. The van der Waals surface area contributed by atoms with Crippen molar-refractivity contribution in [3.63, 3.8) is 0 Å². The van der Waals surface area contributed by atoms with E-state index in [9.17, 15) is 18.4 Å². The number of hydrogen-bond acceptors (Lipinski definition) is 4. The van der Waals surface area contributed by atoms with E-state index in [2.05, 4.69) is 10.4 Å². The fourth-order valence-corrected chi connectivity index (χ4v) is 2.97. The van der Waals surface area contributed by atoms with Crippen molar-refractivity contribution in [3.8, 4) is 11.6 Å². The number of hydrogen-bond donors (Lipinski definition) is 1. The number of amides is 1. The Kier molecular flexibility index (Phi) is 5.29. The molecule has 0 saturated heterocycles. The van der Waals surface area contributed by atoms with Gasteiger partial charge >= 0.3 is 0 Å². The predicted molar refractivity (Wildman–Crippen MR) is 90.6 cm³/mol. The van der Waals surface area contributed by atoms with E-state index in [0.717, 1.165) is 48.6 Å². The van der Waals surface area contributed by atoms with Gasteiger partial charge in [-0.15, -0.1) is 0 Å². The van der Waals surface area contributed by atoms with Crippen LogP contribution in [0.25, 0.3) is 5.69 Å². The lowest BCUT2D eigenvalue weighted by Gasteiger charge is -2.15. The number of ether oxygens (including phenoxy) is 1. The molecule has 8 heteroatoms. The maximum absolute atomic E-state index is 13.6. The minimum atomic E-state index is -1.07. The van der Waals surface area contributed by atoms with Crippen LogP contribution < -0.4 is 15.5 Å². The zero-order chi connectivity index (χ0) is 18.7. The van der Waals surface area contributed by atoms with Crippen molar-refractivity contribution in [1.82, 2.24) is 15.1 Å². The lowest BCUT2D eigenvalue weighted by molar-refractivity contribution is 0.0929. The van der Waals surface area contributed by atoms with Crippen LogP contribution in [0.3, 0.4) is 0 Å². The van der Waals surface area contributed by atoms with Gasteiger partial charge in [-0.3, -0.25) is 9.59 Å². The van der Waals surface area contributed by atoms with Gasteiger partial charge in [-0.05, 0) is 31.9 Å². The molecule has 1 amide bonds. The van der Waals surface area contributed by atoms with Crippen molar-refractivity contribution in [2.24, 2.45) is 0 Å². The summed E-state index contributed by atoms with van der Waals surface area (Å²) in [6, 6.07) is 4.30. The fraction of sp³-hybridized carbons (Fsp3) is 0.389. The summed E-state index contributed by atoms with van der Waals surface area (Å²) >= 11 is 0. The summed E-state index contributed by atoms with van der Waals surface area (Å²) in [5, 5.41) is 6.85. The molecule has 1 aliphatic carbocycles. The van der Waals surface area contributed by atoms with Gasteiger partial charge in [0.15, 0.2) is 17.3 Å². The fourth-order valence-electron chi connectivity index (χ4n) is 2.97. The van der Waals surface area contributed by atoms with Crippen LogP contribution in [-0.4, -0.2) is 28.3 Å². The Morgan fingerprint density at radius 2 is 2.00 bits per heavy atom. The zero-order valence-electron chi connectivity index (χ0n) is 14.3. The van der Waals surface area contributed by atoms with Gasteiger partial charge in [0, 0.05) is 12.1 Å². The van der Waals surface area contributed by atoms with Crippen molar-refractivity contribution in [3.05, 3.63) is 51.8 Å². The van der Waals surface area contributed by atoms with E-state index in [4.69, 9.17) is 4.74 Å². The van der Waals surface area contributed by atoms with Gasteiger partial charge in [-0.2, -0.15) is 5.10 Å². The van der Waals surface area contributed by atoms with Gasteiger partial charge in [0.1, 0.15) is 0 Å². The van der Waals surface area contributed by atoms with Gasteiger partial charge in [-0.25, -0.2) is 13.5 Å². The summed E-state index contributed by atoms with van der Waals surface area (Å²) in [5.74, 6) is -2.61. The first-order valence-corrected chi connectivity index (χ1v) is 8.53. The van der Waals surface area contributed by atoms with Crippen molar-refractivity contribution in [2.75, 3.05) is 6.61 Å². The van der Waals surface area contributed by atoms with Crippen molar-refractivity contribution in [2.45, 2.75) is 38.6 Å². The molecule has 26 heavy (non-hydrogen) atoms. The maximum Gasteiger partial charge on any atom is 0.276 e. The van der Waals surface area contributed by atoms with E-state index in [1.807, 2.05) is 0 Å². The Hall–Kier alpha value is -2.77. The predicted octanol–water partition coefficient (Wildman–Crippen LogP) is 2.58. The van der Waals surface area contributed by atoms with Crippen LogP contribution in [0.1, 0.15) is 43.1 Å². The number of benzene rings is 1. The topological polar surface area (TPSA) is 73.2 Å². The average Bonchev–Trinajstić information content (AvgIpc) is 3.11. The molecule has 0 unspecified atom stereocenters. The molecule has 1 saturated carbocycles. The van der Waals surface area contributed by atoms with E-state index in [1.165, 1.54) is 6.07 Å². The van der Waals surface area contributed by atoms with Crippen molar-refractivity contribution >= 4 is 5.91 Å². The SMILES string of the molecule is CCOc1cc(=O)c(C(=O)NC2CCCC2)nn1-c1ccc(F)c(F)c1. The molecule has 1 aromatic heterocycles. The number of carbonyl (C=O) groups excluding carboxylic acids is 1. The Balaban J connectivity index is 2.02. The second-order valence-corrected chi connectivity index (χ2v) is 6.09. The molecule has 1 heterocycles. The molecular weight excluding hydrogens is 344 g/mol. The number of halogens is 2. The molecular formula is C18H19F2N3O3. The van der Waals surface area contributed by atoms with Gasteiger partial charge in [0.25, 0.3) is 5.91 Å². The molecule has 138 valence electrons. The second-order valence-electron chi connectivity index (χ2n) is 6.09. The summed E-state index contributed by atoms with van der Waals surface area (Å²) in [5.41, 5.74) is -0.768. The number of rotatable bonds is 5. The third-order valence-electron chi connectivity index (χ3n) is 4.24. The highest BCUT2D eigenvalue weighted by atomic mass is 19.2. The molecule has 1 fully saturated rings. The normalized spacial score (nSPS) is 14.4. The van der Waals surface area contributed by atoms with Crippen molar-refractivity contribution in [1.29, 1.82) is 0 Å². The largest absolute Gasteiger partial charge is 0.478 e. The minimum Gasteiger partial charge on any atom is -0.478 e. The van der Waals surface area contributed by atoms with E-state index in [0.29, 0.717) is 0 Å². The molecule has 1 N–H and O–H groups in total. The summed E-state index contributed by atoms with van der Waals surface area (Å²) in [6.45, 7) is 1.94. The summed E-state index contributed by atoms with van der Waals surface area (Å²) in [7, 11) is 0. The van der Waals surface area contributed by atoms with Gasteiger partial charge in [0.05, 0.1) is 18.4 Å². The summed E-state index contributed by atoms with van der Waals surface area (Å²) in [4.78, 5) is 24.7. The minimum absolute atomic E-state index is 0.0204. The number of nitrogens with one attached hydrogen (secondary N) is 1. The summed E-state index contributed by atoms with van der Waals surface area (Å²) < 4.78 is 33.3. The number of aromatic nitrogens is 2. The van der Waals surface area contributed by atoms with Crippen LogP contribution in [0.5, 0.6) is 5.88 Å². The molecule has 0 atom stereocenters. The number of nitrogens with zero attached hydrogens (tertiary/aromatic N) is 2. The van der Waals surface area contributed by atoms with Crippen molar-refractivity contribution < 1.29 is 18.3 Å². The van der Waals surface area contributed by atoms with Crippen LogP contribution in [0, 0.1) is 11.6 Å². The molecule has 0 spiro atoms. The molecule has 6 nitrogen and oxygen atoms in total. The van der Waals surface area contributed by atoms with Gasteiger partial charge < -0.3 is 10.1 Å². The third kappa shape index (κ3) is 3.74. The zero-order valence-corrected chi connectivity index (χ0v) is 14.3. The van der Waals surface area contributed by atoms with Crippen LogP contribution >= 0.6 is 0 Å². The summed E-state index contributed by atoms with van der Waals surface area (Å²) in [6.07, 6.45) is 3.78. The van der Waals surface area contributed by atoms with Gasteiger partial charge in [0.2, 0.25) is 11.3 Å². The van der Waals surface area contributed by atoms with Crippen LogP contribution in [-0.2, 0) is 0 Å². The molecule has 0 radical (unpaired) electrons. The third-order valence-corrected chi connectivity index (χ3v) is 4.24.